The first-order valence-corrected chi connectivity index (χ1v) is 8.70. The van der Waals surface area contributed by atoms with E-state index in [9.17, 15) is 24.2 Å². The minimum Gasteiger partial charge on any atom is -0.508 e. The smallest absolute Gasteiger partial charge is 0.311 e. The van der Waals surface area contributed by atoms with E-state index in [1.165, 1.54) is 28.8 Å². The van der Waals surface area contributed by atoms with Crippen LogP contribution in [0.4, 0.5) is 4.39 Å². The fraction of sp³-hybridized carbons (Fsp3) is 0.200. The number of halogens is 2. The van der Waals surface area contributed by atoms with Crippen LogP contribution in [0.1, 0.15) is 40.9 Å². The molecule has 0 spiro atoms. The Bertz CT molecular complexity index is 1070. The molecule has 7 heteroatoms. The summed E-state index contributed by atoms with van der Waals surface area (Å²) in [6.07, 6.45) is 0.314. The molecule has 1 aromatic heterocycles. The second-order valence-corrected chi connectivity index (χ2v) is 6.68. The van der Waals surface area contributed by atoms with E-state index >= 15 is 0 Å². The lowest BCUT2D eigenvalue weighted by atomic mass is 9.94. The number of phenols is 1. The third-order valence-electron chi connectivity index (χ3n) is 4.66. The van der Waals surface area contributed by atoms with Crippen LogP contribution in [0.25, 0.3) is 10.9 Å². The molecular formula is C20H17ClFNO4. The minimum atomic E-state index is -1.02. The number of rotatable bonds is 4. The number of benzene rings is 2. The van der Waals surface area contributed by atoms with Gasteiger partial charge in [0.1, 0.15) is 11.6 Å². The monoisotopic (exact) mass is 389 g/mol. The van der Waals surface area contributed by atoms with Crippen LogP contribution in [0.15, 0.2) is 36.4 Å². The van der Waals surface area contributed by atoms with Crippen molar-refractivity contribution in [3.05, 3.63) is 64.1 Å². The zero-order valence-electron chi connectivity index (χ0n) is 14.7. The van der Waals surface area contributed by atoms with Gasteiger partial charge >= 0.3 is 5.97 Å². The molecule has 0 fully saturated rings. The first-order valence-electron chi connectivity index (χ1n) is 8.32. The van der Waals surface area contributed by atoms with Crippen LogP contribution in [0.5, 0.6) is 5.75 Å². The fourth-order valence-electron chi connectivity index (χ4n) is 3.39. The van der Waals surface area contributed by atoms with E-state index in [4.69, 9.17) is 11.6 Å². The molecule has 140 valence electrons. The third kappa shape index (κ3) is 3.17. The topological polar surface area (TPSA) is 79.5 Å². The Morgan fingerprint density at radius 2 is 1.93 bits per heavy atom. The highest BCUT2D eigenvalue weighted by atomic mass is 35.5. The van der Waals surface area contributed by atoms with Gasteiger partial charge in [0, 0.05) is 16.6 Å². The number of aromatic nitrogens is 1. The Morgan fingerprint density at radius 1 is 1.22 bits per heavy atom. The van der Waals surface area contributed by atoms with Crippen LogP contribution in [-0.4, -0.2) is 26.7 Å². The van der Waals surface area contributed by atoms with Crippen LogP contribution in [0, 0.1) is 12.7 Å². The largest absolute Gasteiger partial charge is 0.508 e. The summed E-state index contributed by atoms with van der Waals surface area (Å²) >= 11 is 5.69. The molecule has 2 aromatic carbocycles. The van der Waals surface area contributed by atoms with Crippen molar-refractivity contribution in [2.24, 2.45) is 0 Å². The van der Waals surface area contributed by atoms with E-state index < -0.39 is 23.6 Å². The number of aliphatic carboxylic acids is 1. The lowest BCUT2D eigenvalue weighted by molar-refractivity contribution is -0.138. The van der Waals surface area contributed by atoms with Crippen LogP contribution in [0.2, 0.25) is 5.02 Å². The number of carboxylic acids is 1. The second-order valence-electron chi connectivity index (χ2n) is 6.27. The van der Waals surface area contributed by atoms with Crippen LogP contribution < -0.4 is 0 Å². The Morgan fingerprint density at radius 3 is 2.52 bits per heavy atom. The molecule has 0 saturated carbocycles. The van der Waals surface area contributed by atoms with Crippen LogP contribution >= 0.6 is 11.6 Å². The average Bonchev–Trinajstić information content (AvgIpc) is 2.89. The van der Waals surface area contributed by atoms with Gasteiger partial charge in [-0.3, -0.25) is 14.2 Å². The number of carbonyl (C=O) groups is 2. The van der Waals surface area contributed by atoms with Gasteiger partial charge in [0.2, 0.25) is 0 Å². The number of aromatic hydroxyl groups is 1. The van der Waals surface area contributed by atoms with Crippen LogP contribution in [-0.2, 0) is 4.79 Å². The van der Waals surface area contributed by atoms with Crippen molar-refractivity contribution in [3.8, 4) is 5.75 Å². The Hall–Kier alpha value is -2.86. The Kier molecular flexibility index (Phi) is 4.93. The molecular weight excluding hydrogens is 373 g/mol. The van der Waals surface area contributed by atoms with E-state index in [0.717, 1.165) is 6.07 Å². The van der Waals surface area contributed by atoms with Gasteiger partial charge < -0.3 is 10.2 Å². The molecule has 0 amide bonds. The van der Waals surface area contributed by atoms with Crippen molar-refractivity contribution >= 4 is 34.4 Å². The molecule has 0 saturated heterocycles. The molecule has 27 heavy (non-hydrogen) atoms. The molecule has 1 atom stereocenters. The minimum absolute atomic E-state index is 0.0360. The van der Waals surface area contributed by atoms with Crippen molar-refractivity contribution in [3.63, 3.8) is 0 Å². The maximum absolute atomic E-state index is 13.8. The Labute approximate surface area is 159 Å². The van der Waals surface area contributed by atoms with Crippen molar-refractivity contribution in [2.75, 3.05) is 0 Å². The quantitative estimate of drug-likeness (QED) is 0.677. The third-order valence-corrected chi connectivity index (χ3v) is 4.97. The molecule has 0 radical (unpaired) electrons. The summed E-state index contributed by atoms with van der Waals surface area (Å²) in [6.45, 7) is 3.38. The van der Waals surface area contributed by atoms with E-state index in [0.29, 0.717) is 28.6 Å². The lowest BCUT2D eigenvalue weighted by Crippen LogP contribution is -2.16. The summed E-state index contributed by atoms with van der Waals surface area (Å²) in [4.78, 5) is 24.8. The van der Waals surface area contributed by atoms with Gasteiger partial charge in [-0.15, -0.1) is 0 Å². The standard InChI is InChI=1S/C20H17ClFNO4/c1-3-13(20(26)27)18-10(2)23(17-7-5-12(24)9-14(17)18)19(25)11-4-6-15(21)16(22)8-11/h4-9,13,24H,3H2,1-2H3,(H,26,27)/t13-/m0/s1. The van der Waals surface area contributed by atoms with Crippen molar-refractivity contribution in [1.82, 2.24) is 4.57 Å². The zero-order chi connectivity index (χ0) is 19.9. The molecule has 3 rings (SSSR count). The van der Waals surface area contributed by atoms with E-state index in [2.05, 4.69) is 0 Å². The number of fused-ring (bicyclic) bond motifs is 1. The van der Waals surface area contributed by atoms with E-state index in [1.807, 2.05) is 0 Å². The molecule has 1 heterocycles. The predicted molar refractivity (Wildman–Crippen MR) is 100 cm³/mol. The molecule has 0 aliphatic heterocycles. The molecule has 0 unspecified atom stereocenters. The number of phenolic OH excluding ortho intramolecular Hbond substituents is 1. The number of nitrogens with zero attached hydrogens (tertiary/aromatic N) is 1. The molecule has 3 aromatic rings. The summed E-state index contributed by atoms with van der Waals surface area (Å²) in [6, 6.07) is 8.15. The fourth-order valence-corrected chi connectivity index (χ4v) is 3.51. The Balaban J connectivity index is 2.30. The van der Waals surface area contributed by atoms with Gasteiger partial charge in [0.15, 0.2) is 0 Å². The normalized spacial score (nSPS) is 12.3. The highest BCUT2D eigenvalue weighted by Crippen LogP contribution is 2.36. The van der Waals surface area contributed by atoms with Crippen molar-refractivity contribution in [1.29, 1.82) is 0 Å². The SMILES string of the molecule is CC[C@H](C(=O)O)c1c(C)n(C(=O)c2ccc(Cl)c(F)c2)c2ccc(O)cc12. The highest BCUT2D eigenvalue weighted by molar-refractivity contribution is 6.30. The van der Waals surface area contributed by atoms with Gasteiger partial charge in [0.05, 0.1) is 16.5 Å². The zero-order valence-corrected chi connectivity index (χ0v) is 15.4. The number of hydrogen-bond donors (Lipinski definition) is 2. The number of carbonyl (C=O) groups excluding carboxylic acids is 1. The summed E-state index contributed by atoms with van der Waals surface area (Å²) in [5.41, 5.74) is 1.42. The first kappa shape index (κ1) is 18.9. The maximum Gasteiger partial charge on any atom is 0.311 e. The summed E-state index contributed by atoms with van der Waals surface area (Å²) in [7, 11) is 0. The molecule has 5 nitrogen and oxygen atoms in total. The highest BCUT2D eigenvalue weighted by Gasteiger charge is 2.28. The number of hydrogen-bond acceptors (Lipinski definition) is 3. The summed E-state index contributed by atoms with van der Waals surface area (Å²) in [5.74, 6) is -3.12. The van der Waals surface area contributed by atoms with Crippen molar-refractivity contribution in [2.45, 2.75) is 26.2 Å². The average molecular weight is 390 g/mol. The van der Waals surface area contributed by atoms with Gasteiger partial charge in [-0.2, -0.15) is 0 Å². The maximum atomic E-state index is 13.8. The summed E-state index contributed by atoms with van der Waals surface area (Å²) in [5, 5.41) is 19.8. The van der Waals surface area contributed by atoms with E-state index in [-0.39, 0.29) is 16.3 Å². The lowest BCUT2D eigenvalue weighted by Gasteiger charge is -2.12. The first-order chi connectivity index (χ1) is 12.8. The van der Waals surface area contributed by atoms with Gasteiger partial charge in [0.25, 0.3) is 5.91 Å². The molecule has 2 N–H and O–H groups in total. The number of carboxylic acid groups (broad SMARTS) is 1. The molecule has 0 aliphatic rings. The van der Waals surface area contributed by atoms with Crippen molar-refractivity contribution < 1.29 is 24.2 Å². The van der Waals surface area contributed by atoms with Gasteiger partial charge in [-0.1, -0.05) is 18.5 Å². The second kappa shape index (κ2) is 7.04. The van der Waals surface area contributed by atoms with E-state index in [1.54, 1.807) is 19.9 Å². The molecule has 0 aliphatic carbocycles. The predicted octanol–water partition coefficient (Wildman–Crippen LogP) is 4.71. The van der Waals surface area contributed by atoms with Crippen LogP contribution in [0.3, 0.4) is 0 Å². The van der Waals surface area contributed by atoms with Gasteiger partial charge in [-0.25, -0.2) is 4.39 Å². The molecule has 0 bridgehead atoms. The summed E-state index contributed by atoms with van der Waals surface area (Å²) < 4.78 is 15.2. The van der Waals surface area contributed by atoms with Gasteiger partial charge in [-0.05, 0) is 55.3 Å².